The van der Waals surface area contributed by atoms with Crippen molar-refractivity contribution in [3.8, 4) is 0 Å². The van der Waals surface area contributed by atoms with Crippen LogP contribution >= 0.6 is 12.4 Å². The van der Waals surface area contributed by atoms with Crippen molar-refractivity contribution in [3.63, 3.8) is 0 Å². The summed E-state index contributed by atoms with van der Waals surface area (Å²) in [5.74, 6) is 0. The van der Waals surface area contributed by atoms with Gasteiger partial charge in [-0.25, -0.2) is 0 Å². The highest BCUT2D eigenvalue weighted by atomic mass is 35.5. The van der Waals surface area contributed by atoms with Gasteiger partial charge in [0.25, 0.3) is 0 Å². The summed E-state index contributed by atoms with van der Waals surface area (Å²) in [6.07, 6.45) is 5.20. The zero-order valence-electron chi connectivity index (χ0n) is 5.48. The molecule has 0 fully saturated rings. The molecule has 0 rings (SSSR count). The minimum Gasteiger partial charge on any atom is -0.391 e. The Morgan fingerprint density at radius 3 is 2.38 bits per heavy atom. The molecule has 0 aromatic carbocycles. The van der Waals surface area contributed by atoms with Gasteiger partial charge in [0, 0.05) is 6.54 Å². The second-order valence-electron chi connectivity index (χ2n) is 1.37. The normalized spacial score (nSPS) is 8.75. The summed E-state index contributed by atoms with van der Waals surface area (Å²) < 4.78 is 0. The van der Waals surface area contributed by atoms with Gasteiger partial charge < -0.3 is 5.32 Å². The molecule has 2 heteroatoms. The van der Waals surface area contributed by atoms with Crippen molar-refractivity contribution in [2.75, 3.05) is 6.54 Å². The first kappa shape index (κ1) is 10.7. The highest BCUT2D eigenvalue weighted by molar-refractivity contribution is 5.85. The highest BCUT2D eigenvalue weighted by Gasteiger charge is 1.63. The summed E-state index contributed by atoms with van der Waals surface area (Å²) in [4.78, 5) is 0. The van der Waals surface area contributed by atoms with Gasteiger partial charge in [0.2, 0.25) is 0 Å². The third kappa shape index (κ3) is 9.27. The van der Waals surface area contributed by atoms with Gasteiger partial charge in [0.15, 0.2) is 0 Å². The quantitative estimate of drug-likeness (QED) is 0.624. The van der Waals surface area contributed by atoms with E-state index in [1.165, 1.54) is 0 Å². The van der Waals surface area contributed by atoms with Crippen molar-refractivity contribution in [1.82, 2.24) is 5.32 Å². The number of halogens is 1. The Morgan fingerprint density at radius 2 is 2.00 bits per heavy atom. The van der Waals surface area contributed by atoms with E-state index < -0.39 is 0 Å². The minimum atomic E-state index is 0. The number of nitrogens with one attached hydrogen (secondary N) is 1. The van der Waals surface area contributed by atoms with Crippen LogP contribution in [0.3, 0.4) is 0 Å². The van der Waals surface area contributed by atoms with E-state index >= 15 is 0 Å². The maximum atomic E-state index is 3.07. The lowest BCUT2D eigenvalue weighted by molar-refractivity contribution is 0.912. The summed E-state index contributed by atoms with van der Waals surface area (Å²) in [5, 5.41) is 3.07. The maximum Gasteiger partial charge on any atom is 0.0112 e. The molecule has 0 saturated heterocycles. The largest absolute Gasteiger partial charge is 0.391 e. The number of hydrogen-bond donors (Lipinski definition) is 1. The van der Waals surface area contributed by atoms with Gasteiger partial charge in [-0.2, -0.15) is 0 Å². The third-order valence-corrected chi connectivity index (χ3v) is 0.676. The minimum absolute atomic E-state index is 0. The fourth-order valence-electron chi connectivity index (χ4n) is 0.319. The molecular formula is C6H14ClN. The Hall–Kier alpha value is -0.170. The molecule has 0 atom stereocenters. The maximum absolute atomic E-state index is 3.07. The van der Waals surface area contributed by atoms with Crippen molar-refractivity contribution in [2.24, 2.45) is 0 Å². The van der Waals surface area contributed by atoms with Crippen molar-refractivity contribution in [2.45, 2.75) is 20.3 Å². The van der Waals surface area contributed by atoms with Gasteiger partial charge in [-0.15, -0.1) is 12.4 Å². The molecule has 0 radical (unpaired) electrons. The molecule has 0 amide bonds. The van der Waals surface area contributed by atoms with E-state index in [-0.39, 0.29) is 12.4 Å². The topological polar surface area (TPSA) is 12.0 Å². The Kier molecular flexibility index (Phi) is 13.4. The van der Waals surface area contributed by atoms with Crippen molar-refractivity contribution >= 4 is 12.4 Å². The summed E-state index contributed by atoms with van der Waals surface area (Å²) in [5.41, 5.74) is 0. The first-order chi connectivity index (χ1) is 3.41. The van der Waals surface area contributed by atoms with Crippen LogP contribution in [0, 0.1) is 0 Å². The fourth-order valence-corrected chi connectivity index (χ4v) is 0.319. The van der Waals surface area contributed by atoms with Crippen LogP contribution < -0.4 is 5.32 Å². The Labute approximate surface area is 57.6 Å². The summed E-state index contributed by atoms with van der Waals surface area (Å²) in [6.45, 7) is 5.23. The lowest BCUT2D eigenvalue weighted by atomic mass is 10.5. The van der Waals surface area contributed by atoms with Crippen LogP contribution in [0.5, 0.6) is 0 Å². The molecule has 1 nitrogen and oxygen atoms in total. The molecule has 0 unspecified atom stereocenters. The number of rotatable bonds is 3. The predicted octanol–water partition coefficient (Wildman–Crippen LogP) is 1.94. The fraction of sp³-hybridized carbons (Fsp3) is 0.667. The Bertz CT molecular complexity index is 52.5. The average molecular weight is 136 g/mol. The van der Waals surface area contributed by atoms with E-state index in [1.807, 2.05) is 6.20 Å². The second kappa shape index (κ2) is 9.95. The zero-order valence-corrected chi connectivity index (χ0v) is 6.29. The van der Waals surface area contributed by atoms with E-state index in [2.05, 4.69) is 25.2 Å². The molecule has 0 aliphatic carbocycles. The van der Waals surface area contributed by atoms with Crippen LogP contribution in [0.4, 0.5) is 0 Å². The van der Waals surface area contributed by atoms with E-state index in [9.17, 15) is 0 Å². The van der Waals surface area contributed by atoms with Gasteiger partial charge in [-0.3, -0.25) is 0 Å². The second-order valence-corrected chi connectivity index (χ2v) is 1.37. The van der Waals surface area contributed by atoms with E-state index in [1.54, 1.807) is 0 Å². The smallest absolute Gasteiger partial charge is 0.0112 e. The van der Waals surface area contributed by atoms with Gasteiger partial charge in [0.05, 0.1) is 0 Å². The molecule has 0 saturated carbocycles. The van der Waals surface area contributed by atoms with Crippen molar-refractivity contribution in [1.29, 1.82) is 0 Å². The lowest BCUT2D eigenvalue weighted by Crippen LogP contribution is -2.00. The molecule has 8 heavy (non-hydrogen) atoms. The molecular weight excluding hydrogens is 122 g/mol. The zero-order chi connectivity index (χ0) is 5.54. The summed E-state index contributed by atoms with van der Waals surface area (Å²) in [7, 11) is 0. The van der Waals surface area contributed by atoms with E-state index in [0.29, 0.717) is 0 Å². The molecule has 0 heterocycles. The predicted molar refractivity (Wildman–Crippen MR) is 40.4 cm³/mol. The summed E-state index contributed by atoms with van der Waals surface area (Å²) >= 11 is 0. The van der Waals surface area contributed by atoms with Gasteiger partial charge in [-0.1, -0.05) is 13.0 Å². The lowest BCUT2D eigenvalue weighted by Gasteiger charge is -1.87. The highest BCUT2D eigenvalue weighted by Crippen LogP contribution is 1.73. The summed E-state index contributed by atoms with van der Waals surface area (Å²) in [6, 6.07) is 0. The molecule has 50 valence electrons. The molecule has 1 N–H and O–H groups in total. The van der Waals surface area contributed by atoms with Crippen LogP contribution in [-0.2, 0) is 0 Å². The molecule has 0 aromatic heterocycles. The Balaban J connectivity index is 0. The van der Waals surface area contributed by atoms with Crippen molar-refractivity contribution in [3.05, 3.63) is 12.3 Å². The number of allylic oxidation sites excluding steroid dienone is 1. The van der Waals surface area contributed by atoms with Crippen LogP contribution in [0.1, 0.15) is 20.3 Å². The monoisotopic (exact) mass is 135 g/mol. The van der Waals surface area contributed by atoms with Crippen molar-refractivity contribution < 1.29 is 0 Å². The molecule has 0 spiro atoms. The molecule has 0 aliphatic heterocycles. The van der Waals surface area contributed by atoms with Gasteiger partial charge in [-0.05, 0) is 19.5 Å². The van der Waals surface area contributed by atoms with E-state index in [4.69, 9.17) is 0 Å². The standard InChI is InChI=1S/C6H13N.ClH/c1-3-5-6-7-4-2;/h5-7H,3-4H2,1-2H3;1H/b6-5+;. The average Bonchev–Trinajstić information content (AvgIpc) is 1.69. The van der Waals surface area contributed by atoms with Gasteiger partial charge in [0.1, 0.15) is 0 Å². The van der Waals surface area contributed by atoms with E-state index in [0.717, 1.165) is 13.0 Å². The SMILES string of the molecule is CC/C=C/NCC.Cl. The Morgan fingerprint density at radius 1 is 1.38 bits per heavy atom. The van der Waals surface area contributed by atoms with Gasteiger partial charge >= 0.3 is 0 Å². The number of hydrogen-bond acceptors (Lipinski definition) is 1. The van der Waals surface area contributed by atoms with Crippen LogP contribution in [0.2, 0.25) is 0 Å². The molecule has 0 bridgehead atoms. The molecule has 0 aliphatic rings. The van der Waals surface area contributed by atoms with Crippen LogP contribution in [0.15, 0.2) is 12.3 Å². The van der Waals surface area contributed by atoms with Crippen LogP contribution in [0.25, 0.3) is 0 Å². The molecule has 0 aromatic rings. The first-order valence-electron chi connectivity index (χ1n) is 2.80. The third-order valence-electron chi connectivity index (χ3n) is 0.676. The first-order valence-corrected chi connectivity index (χ1v) is 2.80. The van der Waals surface area contributed by atoms with Crippen LogP contribution in [-0.4, -0.2) is 6.54 Å².